The second-order valence-electron chi connectivity index (χ2n) is 8.47. The van der Waals surface area contributed by atoms with Crippen molar-refractivity contribution in [3.63, 3.8) is 0 Å². The van der Waals surface area contributed by atoms with Gasteiger partial charge in [-0.25, -0.2) is 9.59 Å². The molecule has 0 radical (unpaired) electrons. The van der Waals surface area contributed by atoms with Gasteiger partial charge in [0.25, 0.3) is 0 Å². The first-order chi connectivity index (χ1) is 16.1. The normalized spacial score (nSPS) is 12.3. The smallest absolute Gasteiger partial charge is 0.466 e. The number of aromatic nitrogens is 2. The van der Waals surface area contributed by atoms with Gasteiger partial charge < -0.3 is 18.9 Å². The monoisotopic (exact) mass is 471 g/mol. The summed E-state index contributed by atoms with van der Waals surface area (Å²) in [6.07, 6.45) is 0.643. The molecule has 0 N–H and O–H groups in total. The fourth-order valence-corrected chi connectivity index (χ4v) is 3.16. The highest BCUT2D eigenvalue weighted by atomic mass is 16.8. The number of benzene rings is 1. The second kappa shape index (κ2) is 12.0. The number of aliphatic imine (C=N–C) groups is 1. The zero-order valence-corrected chi connectivity index (χ0v) is 20.9. The van der Waals surface area contributed by atoms with Gasteiger partial charge >= 0.3 is 12.1 Å². The van der Waals surface area contributed by atoms with Crippen molar-refractivity contribution in [2.75, 3.05) is 27.6 Å². The van der Waals surface area contributed by atoms with E-state index >= 15 is 0 Å². The number of nitrogens with zero attached hydrogens (tertiary/aromatic N) is 3. The number of esters is 1. The van der Waals surface area contributed by atoms with E-state index in [9.17, 15) is 9.59 Å². The Hall–Kier alpha value is -3.62. The van der Waals surface area contributed by atoms with Crippen LogP contribution in [-0.4, -0.2) is 55.7 Å². The summed E-state index contributed by atoms with van der Waals surface area (Å²) in [5, 5.41) is 4.51. The van der Waals surface area contributed by atoms with Crippen LogP contribution in [-0.2, 0) is 35.7 Å². The molecule has 9 nitrogen and oxygen atoms in total. The molecular formula is C25H33N3O6. The number of allylic oxidation sites excluding steroid dienone is 1. The van der Waals surface area contributed by atoms with Gasteiger partial charge in [-0.1, -0.05) is 45.0 Å². The zero-order chi connectivity index (χ0) is 25.3. The molecule has 9 heteroatoms. The molecule has 2 aromatic rings. The quantitative estimate of drug-likeness (QED) is 0.231. The predicted molar refractivity (Wildman–Crippen MR) is 129 cm³/mol. The third-order valence-electron chi connectivity index (χ3n) is 4.91. The molecule has 0 aliphatic carbocycles. The van der Waals surface area contributed by atoms with Crippen LogP contribution in [0.25, 0.3) is 11.3 Å². The van der Waals surface area contributed by atoms with Crippen molar-refractivity contribution >= 4 is 29.7 Å². The summed E-state index contributed by atoms with van der Waals surface area (Å²) >= 11 is 0. The number of ether oxygens (including phenoxy) is 4. The van der Waals surface area contributed by atoms with Crippen LogP contribution >= 0.6 is 0 Å². The minimum Gasteiger partial charge on any atom is -0.466 e. The highest BCUT2D eigenvalue weighted by Crippen LogP contribution is 2.29. The van der Waals surface area contributed by atoms with Crippen LogP contribution < -0.4 is 0 Å². The summed E-state index contributed by atoms with van der Waals surface area (Å²) < 4.78 is 21.9. The minimum absolute atomic E-state index is 0.0108. The largest absolute Gasteiger partial charge is 0.511 e. The first-order valence-electron chi connectivity index (χ1n) is 10.9. The van der Waals surface area contributed by atoms with Crippen molar-refractivity contribution < 1.29 is 28.5 Å². The van der Waals surface area contributed by atoms with Gasteiger partial charge in [0.15, 0.2) is 12.4 Å². The molecule has 0 fully saturated rings. The second-order valence-corrected chi connectivity index (χ2v) is 8.47. The van der Waals surface area contributed by atoms with Gasteiger partial charge in [0.1, 0.15) is 5.69 Å². The Balaban J connectivity index is 2.43. The molecule has 0 bridgehead atoms. The van der Waals surface area contributed by atoms with E-state index in [1.807, 2.05) is 32.0 Å². The third kappa shape index (κ3) is 7.19. The average molecular weight is 472 g/mol. The standard InChI is InChI=1S/C25H33N3O6/c1-8-28-21(13-17(2)27-28)23(33-16-34-24(30)32-15-22(29)31-7)20(14-26-6)18-9-11-19(12-10-18)25(3,4)5/h9-14H,8,15-16H2,1-7H3/b23-20-,26-14?. The van der Waals surface area contributed by atoms with Gasteiger partial charge in [-0.15, -0.1) is 0 Å². The van der Waals surface area contributed by atoms with Gasteiger partial charge in [-0.2, -0.15) is 5.10 Å². The van der Waals surface area contributed by atoms with Gasteiger partial charge in [-0.3, -0.25) is 9.67 Å². The molecule has 1 aromatic carbocycles. The Bertz CT molecular complexity index is 1050. The fourth-order valence-electron chi connectivity index (χ4n) is 3.16. The SMILES string of the molecule is CCn1nc(C)cc1/C(OCOC(=O)OCC(=O)OC)=C(\C=NC)c1ccc(C(C)(C)C)cc1. The highest BCUT2D eigenvalue weighted by Gasteiger charge is 2.20. The van der Waals surface area contributed by atoms with Crippen LogP contribution in [0.5, 0.6) is 0 Å². The van der Waals surface area contributed by atoms with Gasteiger partial charge in [0, 0.05) is 25.4 Å². The van der Waals surface area contributed by atoms with Gasteiger partial charge in [-0.05, 0) is 36.5 Å². The van der Waals surface area contributed by atoms with Crippen LogP contribution in [0.3, 0.4) is 0 Å². The molecular weight excluding hydrogens is 438 g/mol. The predicted octanol–water partition coefficient (Wildman–Crippen LogP) is 4.38. The van der Waals surface area contributed by atoms with Crippen molar-refractivity contribution in [2.24, 2.45) is 4.99 Å². The number of hydrogen-bond acceptors (Lipinski definition) is 8. The minimum atomic E-state index is -1.05. The zero-order valence-electron chi connectivity index (χ0n) is 20.9. The maximum Gasteiger partial charge on any atom is 0.511 e. The van der Waals surface area contributed by atoms with Crippen LogP contribution in [0.4, 0.5) is 4.79 Å². The first kappa shape index (κ1) is 26.6. The Labute approximate surface area is 200 Å². The lowest BCUT2D eigenvalue weighted by Crippen LogP contribution is -2.17. The van der Waals surface area contributed by atoms with Gasteiger partial charge in [0.05, 0.1) is 12.8 Å². The average Bonchev–Trinajstić information content (AvgIpc) is 3.19. The fraction of sp³-hybridized carbons (Fsp3) is 0.440. The molecule has 0 aliphatic rings. The van der Waals surface area contributed by atoms with E-state index in [0.29, 0.717) is 23.6 Å². The third-order valence-corrected chi connectivity index (χ3v) is 4.91. The van der Waals surface area contributed by atoms with Crippen LogP contribution in [0.1, 0.15) is 50.2 Å². The summed E-state index contributed by atoms with van der Waals surface area (Å²) in [4.78, 5) is 27.2. The molecule has 0 spiro atoms. The number of carbonyl (C=O) groups is 2. The lowest BCUT2D eigenvalue weighted by molar-refractivity contribution is -0.145. The Morgan fingerprint density at radius 2 is 1.79 bits per heavy atom. The lowest BCUT2D eigenvalue weighted by atomic mass is 9.86. The first-order valence-corrected chi connectivity index (χ1v) is 10.9. The highest BCUT2D eigenvalue weighted by molar-refractivity contribution is 6.18. The summed E-state index contributed by atoms with van der Waals surface area (Å²) in [5.74, 6) is -0.252. The van der Waals surface area contributed by atoms with Crippen LogP contribution in [0, 0.1) is 6.92 Å². The van der Waals surface area contributed by atoms with E-state index in [0.717, 1.165) is 11.3 Å². The molecule has 1 aromatic heterocycles. The molecule has 0 amide bonds. The molecule has 0 aliphatic heterocycles. The van der Waals surface area contributed by atoms with Crippen molar-refractivity contribution in [3.05, 3.63) is 52.8 Å². The summed E-state index contributed by atoms with van der Waals surface area (Å²) in [6.45, 7) is 9.94. The van der Waals surface area contributed by atoms with Crippen molar-refractivity contribution in [1.29, 1.82) is 0 Å². The van der Waals surface area contributed by atoms with E-state index in [4.69, 9.17) is 14.2 Å². The lowest BCUT2D eigenvalue weighted by Gasteiger charge is -2.20. The van der Waals surface area contributed by atoms with Crippen molar-refractivity contribution in [1.82, 2.24) is 9.78 Å². The summed E-state index contributed by atoms with van der Waals surface area (Å²) in [5.41, 5.74) is 4.30. The Morgan fingerprint density at radius 3 is 2.35 bits per heavy atom. The molecule has 2 rings (SSSR count). The molecule has 184 valence electrons. The Morgan fingerprint density at radius 1 is 1.12 bits per heavy atom. The van der Waals surface area contributed by atoms with E-state index in [-0.39, 0.29) is 5.41 Å². The van der Waals surface area contributed by atoms with Crippen molar-refractivity contribution in [3.8, 4) is 0 Å². The molecule has 34 heavy (non-hydrogen) atoms. The Kier molecular flexibility index (Phi) is 9.41. The van der Waals surface area contributed by atoms with E-state index in [1.54, 1.807) is 17.9 Å². The van der Waals surface area contributed by atoms with Crippen LogP contribution in [0.2, 0.25) is 0 Å². The van der Waals surface area contributed by atoms with E-state index in [1.165, 1.54) is 12.7 Å². The maximum atomic E-state index is 11.8. The van der Waals surface area contributed by atoms with Gasteiger partial charge in [0.2, 0.25) is 6.79 Å². The molecule has 0 atom stereocenters. The van der Waals surface area contributed by atoms with Crippen molar-refractivity contribution in [2.45, 2.75) is 46.6 Å². The number of rotatable bonds is 9. The topological polar surface area (TPSA) is 101 Å². The summed E-state index contributed by atoms with van der Waals surface area (Å²) in [7, 11) is 2.87. The number of methoxy groups -OCH3 is 1. The maximum absolute atomic E-state index is 11.8. The molecule has 0 saturated carbocycles. The van der Waals surface area contributed by atoms with E-state index in [2.05, 4.69) is 47.7 Å². The number of aryl methyl sites for hydroxylation is 2. The molecule has 0 unspecified atom stereocenters. The number of hydrogen-bond donors (Lipinski definition) is 0. The number of carbonyl (C=O) groups excluding carboxylic acids is 2. The molecule has 1 heterocycles. The molecule has 0 saturated heterocycles. The van der Waals surface area contributed by atoms with Crippen LogP contribution in [0.15, 0.2) is 35.3 Å². The van der Waals surface area contributed by atoms with E-state index < -0.39 is 25.5 Å². The summed E-state index contributed by atoms with van der Waals surface area (Å²) in [6, 6.07) is 10.0.